The summed E-state index contributed by atoms with van der Waals surface area (Å²) in [5.41, 5.74) is 18.8. The van der Waals surface area contributed by atoms with E-state index in [1.165, 1.54) is 11.1 Å². The molecular weight excluding hydrogens is 969 g/mol. The summed E-state index contributed by atoms with van der Waals surface area (Å²) in [6, 6.07) is 67.8. The van der Waals surface area contributed by atoms with Gasteiger partial charge in [-0.05, 0) is 143 Å². The number of aryl methyl sites for hydroxylation is 3. The number of anilines is 6. The maximum atomic E-state index is 6.98. The molecule has 0 atom stereocenters. The van der Waals surface area contributed by atoms with Crippen LogP contribution >= 0.6 is 0 Å². The Hall–Kier alpha value is -9.26. The molecule has 0 amide bonds. The SMILES string of the molecule is Cc1ccccc1N(c1ccc2cc3c(cc2c1)oc1c(C)c2c(cc13)oc1cc3cc(N(c4ccccc4C)c4cccc5c4oc4c(C(C)(C)C)cccc45)ccc3cc12)c1cccc2c1oc1c(C(C)(C)C)cccc12. The molecule has 6 nitrogen and oxygen atoms in total. The predicted molar refractivity (Wildman–Crippen MR) is 332 cm³/mol. The summed E-state index contributed by atoms with van der Waals surface area (Å²) in [6.45, 7) is 20.0. The Kier molecular flexibility index (Phi) is 10.0. The summed E-state index contributed by atoms with van der Waals surface area (Å²) < 4.78 is 27.8. The Morgan fingerprint density at radius 3 is 1.24 bits per heavy atom. The number of nitrogens with zero attached hydrogens (tertiary/aromatic N) is 2. The highest BCUT2D eigenvalue weighted by Gasteiger charge is 2.28. The number of rotatable bonds is 6. The van der Waals surface area contributed by atoms with E-state index < -0.39 is 0 Å². The van der Waals surface area contributed by atoms with Gasteiger partial charge in [-0.3, -0.25) is 0 Å². The molecule has 0 aliphatic heterocycles. The highest BCUT2D eigenvalue weighted by atomic mass is 16.3. The van der Waals surface area contributed by atoms with Gasteiger partial charge in [0.15, 0.2) is 11.2 Å². The fourth-order valence-electron chi connectivity index (χ4n) is 12.7. The van der Waals surface area contributed by atoms with Gasteiger partial charge in [-0.25, -0.2) is 0 Å². The highest BCUT2D eigenvalue weighted by Crippen LogP contribution is 2.49. The lowest BCUT2D eigenvalue weighted by atomic mass is 9.86. The molecule has 15 rings (SSSR count). The van der Waals surface area contributed by atoms with E-state index >= 15 is 0 Å². The number of furan rings is 4. The molecule has 0 spiro atoms. The van der Waals surface area contributed by atoms with Gasteiger partial charge in [-0.2, -0.15) is 0 Å². The smallest absolute Gasteiger partial charge is 0.159 e. The van der Waals surface area contributed by atoms with E-state index in [0.29, 0.717) is 0 Å². The normalized spacial score (nSPS) is 12.6. The largest absolute Gasteiger partial charge is 0.456 e. The molecule has 0 saturated carbocycles. The number of benzene rings is 11. The summed E-state index contributed by atoms with van der Waals surface area (Å²) >= 11 is 0. The Bertz CT molecular complexity index is 4850. The standard InChI is InChI=1S/C73H58N2O4/c1-41-18-10-12-26-59(41)74(61-28-16-22-52-50-20-14-24-57(72(4,5)6)68(50)78-70(52)61)48-32-30-44-36-54-55-40-65-66(43(3)67(55)77-63(54)38-46(44)34-48)56-37-45-31-33-49(35-47(45)39-64(56)76-65)75(60-27-13-11-19-42(60)2)62-29-17-23-53-51-21-15-25-58(73(7,8)9)69(51)79-71(53)62/h10-40H,1-9H3. The minimum absolute atomic E-state index is 0.0841. The van der Waals surface area contributed by atoms with Crippen LogP contribution in [-0.4, -0.2) is 0 Å². The third-order valence-electron chi connectivity index (χ3n) is 16.7. The van der Waals surface area contributed by atoms with Crippen LogP contribution in [0.15, 0.2) is 206 Å². The summed E-state index contributed by atoms with van der Waals surface area (Å²) in [6.07, 6.45) is 0. The molecule has 0 aliphatic rings. The topological polar surface area (TPSA) is 59.0 Å². The second-order valence-electron chi connectivity index (χ2n) is 23.8. The molecule has 0 unspecified atom stereocenters. The second kappa shape index (κ2) is 16.9. The summed E-state index contributed by atoms with van der Waals surface area (Å²) in [4.78, 5) is 4.69. The van der Waals surface area contributed by atoms with Gasteiger partial charge in [0, 0.05) is 82.5 Å². The van der Waals surface area contributed by atoms with Crippen LogP contribution in [0.4, 0.5) is 34.1 Å². The van der Waals surface area contributed by atoms with E-state index in [1.807, 2.05) is 0 Å². The van der Waals surface area contributed by atoms with Crippen molar-refractivity contribution in [2.75, 3.05) is 9.80 Å². The van der Waals surface area contributed by atoms with Crippen molar-refractivity contribution in [3.63, 3.8) is 0 Å². The fraction of sp³-hybridized carbons (Fsp3) is 0.151. The number of fused-ring (bicyclic) bond motifs is 14. The summed E-state index contributed by atoms with van der Waals surface area (Å²) in [5.74, 6) is 0. The van der Waals surface area contributed by atoms with E-state index in [0.717, 1.165) is 160 Å². The van der Waals surface area contributed by atoms with Crippen molar-refractivity contribution in [2.45, 2.75) is 73.1 Å². The van der Waals surface area contributed by atoms with Gasteiger partial charge >= 0.3 is 0 Å². The van der Waals surface area contributed by atoms with Gasteiger partial charge in [-0.15, -0.1) is 0 Å². The maximum Gasteiger partial charge on any atom is 0.159 e. The molecular formula is C73H58N2O4. The van der Waals surface area contributed by atoms with Gasteiger partial charge in [0.05, 0.1) is 11.4 Å². The first kappa shape index (κ1) is 47.0. The predicted octanol–water partition coefficient (Wildman–Crippen LogP) is 22.1. The molecule has 79 heavy (non-hydrogen) atoms. The molecule has 15 aromatic rings. The van der Waals surface area contributed by atoms with Crippen LogP contribution in [0.3, 0.4) is 0 Å². The zero-order valence-corrected chi connectivity index (χ0v) is 45.9. The van der Waals surface area contributed by atoms with Crippen molar-refractivity contribution in [2.24, 2.45) is 0 Å². The van der Waals surface area contributed by atoms with Crippen LogP contribution in [0.1, 0.15) is 69.4 Å². The van der Waals surface area contributed by atoms with E-state index in [2.05, 4.69) is 260 Å². The molecule has 0 fully saturated rings. The van der Waals surface area contributed by atoms with E-state index in [4.69, 9.17) is 17.7 Å². The fourth-order valence-corrected chi connectivity index (χ4v) is 12.7. The first-order valence-corrected chi connectivity index (χ1v) is 27.5. The van der Waals surface area contributed by atoms with Gasteiger partial charge < -0.3 is 27.5 Å². The molecule has 0 radical (unpaired) electrons. The van der Waals surface area contributed by atoms with Crippen molar-refractivity contribution in [3.05, 3.63) is 216 Å². The minimum atomic E-state index is -0.0841. The first-order valence-electron chi connectivity index (χ1n) is 27.5. The molecule has 0 aliphatic carbocycles. The lowest BCUT2D eigenvalue weighted by Crippen LogP contribution is -2.11. The quantitative estimate of drug-likeness (QED) is 0.165. The minimum Gasteiger partial charge on any atom is -0.456 e. The van der Waals surface area contributed by atoms with Crippen LogP contribution in [0.25, 0.3) is 109 Å². The summed E-state index contributed by atoms with van der Waals surface area (Å²) in [5, 5.41) is 13.1. The zero-order valence-electron chi connectivity index (χ0n) is 45.9. The maximum absolute atomic E-state index is 6.98. The van der Waals surface area contributed by atoms with E-state index in [9.17, 15) is 0 Å². The van der Waals surface area contributed by atoms with Crippen LogP contribution in [0, 0.1) is 20.8 Å². The van der Waals surface area contributed by atoms with Crippen molar-refractivity contribution in [1.82, 2.24) is 0 Å². The second-order valence-corrected chi connectivity index (χ2v) is 23.8. The lowest BCUT2D eigenvalue weighted by molar-refractivity contribution is 0.572. The molecule has 0 N–H and O–H groups in total. The van der Waals surface area contributed by atoms with Crippen LogP contribution in [-0.2, 0) is 10.8 Å². The monoisotopic (exact) mass is 1030 g/mol. The summed E-state index contributed by atoms with van der Waals surface area (Å²) in [7, 11) is 0. The number of hydrogen-bond donors (Lipinski definition) is 0. The Balaban J connectivity index is 0.846. The van der Waals surface area contributed by atoms with E-state index in [1.54, 1.807) is 0 Å². The lowest BCUT2D eigenvalue weighted by Gasteiger charge is -2.27. The average Bonchev–Trinajstić information content (AvgIpc) is 3.71. The van der Waals surface area contributed by atoms with Crippen LogP contribution in [0.5, 0.6) is 0 Å². The van der Waals surface area contributed by atoms with E-state index in [-0.39, 0.29) is 10.8 Å². The zero-order chi connectivity index (χ0) is 53.8. The van der Waals surface area contributed by atoms with Crippen molar-refractivity contribution < 1.29 is 17.7 Å². The average molecular weight is 1030 g/mol. The Morgan fingerprint density at radius 2 is 0.747 bits per heavy atom. The van der Waals surface area contributed by atoms with Crippen molar-refractivity contribution in [3.8, 4) is 0 Å². The Morgan fingerprint density at radius 1 is 0.304 bits per heavy atom. The van der Waals surface area contributed by atoms with Gasteiger partial charge in [0.25, 0.3) is 0 Å². The number of para-hydroxylation sites is 6. The van der Waals surface area contributed by atoms with Gasteiger partial charge in [-0.1, -0.05) is 151 Å². The highest BCUT2D eigenvalue weighted by molar-refractivity contribution is 6.21. The molecule has 6 heteroatoms. The van der Waals surface area contributed by atoms with Crippen LogP contribution < -0.4 is 9.80 Å². The van der Waals surface area contributed by atoms with Crippen molar-refractivity contribution in [1.29, 1.82) is 0 Å². The van der Waals surface area contributed by atoms with Gasteiger partial charge in [0.2, 0.25) is 0 Å². The molecule has 0 saturated heterocycles. The molecule has 11 aromatic carbocycles. The van der Waals surface area contributed by atoms with Gasteiger partial charge in [0.1, 0.15) is 33.5 Å². The number of hydrogen-bond acceptors (Lipinski definition) is 6. The Labute approximate surface area is 457 Å². The third kappa shape index (κ3) is 7.16. The van der Waals surface area contributed by atoms with Crippen molar-refractivity contribution >= 4 is 143 Å². The van der Waals surface area contributed by atoms with Crippen LogP contribution in [0.2, 0.25) is 0 Å². The molecule has 4 heterocycles. The molecule has 4 aromatic heterocycles. The third-order valence-corrected chi connectivity index (χ3v) is 16.7. The molecule has 0 bridgehead atoms. The first-order chi connectivity index (χ1) is 38.2. The molecule has 384 valence electrons.